The summed E-state index contributed by atoms with van der Waals surface area (Å²) >= 11 is 2.16. The molecule has 0 amide bonds. The fourth-order valence-electron chi connectivity index (χ4n) is 2.99. The molecule has 1 saturated heterocycles. The largest absolute Gasteiger partial charge is 0.316 e. The highest BCUT2D eigenvalue weighted by Crippen LogP contribution is 2.30. The van der Waals surface area contributed by atoms with Crippen LogP contribution < -0.4 is 10.6 Å². The maximum absolute atomic E-state index is 3.83. The summed E-state index contributed by atoms with van der Waals surface area (Å²) in [4.78, 5) is 0. The lowest BCUT2D eigenvalue weighted by Crippen LogP contribution is -2.41. The third-order valence-electron chi connectivity index (χ3n) is 3.90. The van der Waals surface area contributed by atoms with Gasteiger partial charge in [-0.15, -0.1) is 0 Å². The van der Waals surface area contributed by atoms with Crippen LogP contribution in [0.3, 0.4) is 0 Å². The van der Waals surface area contributed by atoms with Crippen LogP contribution >= 0.6 is 11.8 Å². The lowest BCUT2D eigenvalue weighted by atomic mass is 9.99. The molecule has 2 nitrogen and oxygen atoms in total. The monoisotopic (exact) mass is 242 g/mol. The molecule has 1 saturated carbocycles. The zero-order valence-electron chi connectivity index (χ0n) is 10.5. The van der Waals surface area contributed by atoms with E-state index in [9.17, 15) is 0 Å². The fourth-order valence-corrected chi connectivity index (χ4v) is 4.22. The van der Waals surface area contributed by atoms with Crippen LogP contribution in [0.15, 0.2) is 0 Å². The van der Waals surface area contributed by atoms with Crippen molar-refractivity contribution in [2.75, 3.05) is 25.4 Å². The van der Waals surface area contributed by atoms with Crippen molar-refractivity contribution in [1.82, 2.24) is 10.6 Å². The van der Waals surface area contributed by atoms with Crippen LogP contribution in [0.5, 0.6) is 0 Å². The number of hydrogen-bond donors (Lipinski definition) is 2. The molecule has 1 aliphatic heterocycles. The van der Waals surface area contributed by atoms with Gasteiger partial charge in [0.05, 0.1) is 0 Å². The van der Waals surface area contributed by atoms with Gasteiger partial charge in [0.15, 0.2) is 0 Å². The molecule has 0 aromatic carbocycles. The van der Waals surface area contributed by atoms with Gasteiger partial charge in [-0.2, -0.15) is 11.8 Å². The number of hydrogen-bond acceptors (Lipinski definition) is 3. The SMILES string of the molecule is CCSC1CCCC1NCC1CCCNC1. The molecule has 3 atom stereocenters. The Morgan fingerprint density at radius 3 is 2.94 bits per heavy atom. The summed E-state index contributed by atoms with van der Waals surface area (Å²) in [6.45, 7) is 5.98. The minimum atomic E-state index is 0.798. The molecule has 0 aromatic heterocycles. The Balaban J connectivity index is 1.67. The Labute approximate surface area is 104 Å². The van der Waals surface area contributed by atoms with Gasteiger partial charge in [0.25, 0.3) is 0 Å². The van der Waals surface area contributed by atoms with Crippen LogP contribution in [0, 0.1) is 5.92 Å². The Bertz CT molecular complexity index is 192. The summed E-state index contributed by atoms with van der Waals surface area (Å²) in [7, 11) is 0. The number of rotatable bonds is 5. The lowest BCUT2D eigenvalue weighted by Gasteiger charge is -2.27. The van der Waals surface area contributed by atoms with Crippen LogP contribution in [0.4, 0.5) is 0 Å². The first-order valence-corrected chi connectivity index (χ1v) is 8.00. The molecule has 1 heterocycles. The summed E-state index contributed by atoms with van der Waals surface area (Å²) in [5.41, 5.74) is 0. The smallest absolute Gasteiger partial charge is 0.0201 e. The van der Waals surface area contributed by atoms with Crippen LogP contribution in [-0.2, 0) is 0 Å². The second-order valence-corrected chi connectivity index (χ2v) is 6.67. The van der Waals surface area contributed by atoms with E-state index in [0.29, 0.717) is 0 Å². The van der Waals surface area contributed by atoms with Crippen molar-refractivity contribution < 1.29 is 0 Å². The molecule has 0 spiro atoms. The Hall–Kier alpha value is 0.270. The van der Waals surface area contributed by atoms with Crippen molar-refractivity contribution in [3.05, 3.63) is 0 Å². The van der Waals surface area contributed by atoms with E-state index in [4.69, 9.17) is 0 Å². The average Bonchev–Trinajstić information content (AvgIpc) is 2.76. The van der Waals surface area contributed by atoms with E-state index in [0.717, 1.165) is 17.2 Å². The fraction of sp³-hybridized carbons (Fsp3) is 1.00. The quantitative estimate of drug-likeness (QED) is 0.773. The van der Waals surface area contributed by atoms with E-state index in [1.165, 1.54) is 57.5 Å². The molecule has 16 heavy (non-hydrogen) atoms. The van der Waals surface area contributed by atoms with Crippen LogP contribution in [-0.4, -0.2) is 36.7 Å². The Morgan fingerprint density at radius 1 is 1.25 bits per heavy atom. The van der Waals surface area contributed by atoms with E-state index in [-0.39, 0.29) is 0 Å². The third kappa shape index (κ3) is 3.64. The Kier molecular flexibility index (Phi) is 5.46. The molecule has 0 bridgehead atoms. The normalized spacial score (nSPS) is 35.4. The molecule has 2 aliphatic rings. The second kappa shape index (κ2) is 6.87. The van der Waals surface area contributed by atoms with Crippen molar-refractivity contribution in [3.63, 3.8) is 0 Å². The summed E-state index contributed by atoms with van der Waals surface area (Å²) < 4.78 is 0. The van der Waals surface area contributed by atoms with Gasteiger partial charge >= 0.3 is 0 Å². The molecule has 94 valence electrons. The average molecular weight is 242 g/mol. The molecule has 2 fully saturated rings. The van der Waals surface area contributed by atoms with Gasteiger partial charge in [0.2, 0.25) is 0 Å². The first-order chi connectivity index (χ1) is 7.90. The first kappa shape index (κ1) is 12.7. The van der Waals surface area contributed by atoms with Gasteiger partial charge in [-0.05, 0) is 57.0 Å². The van der Waals surface area contributed by atoms with Crippen molar-refractivity contribution in [1.29, 1.82) is 0 Å². The topological polar surface area (TPSA) is 24.1 Å². The predicted molar refractivity (Wildman–Crippen MR) is 73.2 cm³/mol. The molecule has 1 aliphatic carbocycles. The molecule has 3 unspecified atom stereocenters. The standard InChI is InChI=1S/C13H26N2S/c1-2-16-13-7-3-6-12(13)15-10-11-5-4-8-14-9-11/h11-15H,2-10H2,1H3. The molecular weight excluding hydrogens is 216 g/mol. The maximum Gasteiger partial charge on any atom is 0.0201 e. The zero-order chi connectivity index (χ0) is 11.2. The van der Waals surface area contributed by atoms with Crippen molar-refractivity contribution >= 4 is 11.8 Å². The summed E-state index contributed by atoms with van der Waals surface area (Å²) in [5.74, 6) is 2.15. The van der Waals surface area contributed by atoms with Crippen molar-refractivity contribution in [2.24, 2.45) is 5.92 Å². The minimum Gasteiger partial charge on any atom is -0.316 e. The lowest BCUT2D eigenvalue weighted by molar-refractivity contribution is 0.344. The van der Waals surface area contributed by atoms with Crippen LogP contribution in [0.1, 0.15) is 39.0 Å². The number of nitrogens with one attached hydrogen (secondary N) is 2. The highest BCUT2D eigenvalue weighted by atomic mass is 32.2. The molecular formula is C13H26N2S. The maximum atomic E-state index is 3.83. The van der Waals surface area contributed by atoms with Gasteiger partial charge < -0.3 is 10.6 Å². The van der Waals surface area contributed by atoms with Gasteiger partial charge in [-0.25, -0.2) is 0 Å². The van der Waals surface area contributed by atoms with Gasteiger partial charge in [-0.3, -0.25) is 0 Å². The van der Waals surface area contributed by atoms with E-state index in [1.807, 2.05) is 0 Å². The van der Waals surface area contributed by atoms with E-state index >= 15 is 0 Å². The molecule has 0 radical (unpaired) electrons. The van der Waals surface area contributed by atoms with Gasteiger partial charge in [0.1, 0.15) is 0 Å². The predicted octanol–water partition coefficient (Wildman–Crippen LogP) is 2.25. The van der Waals surface area contributed by atoms with Crippen LogP contribution in [0.25, 0.3) is 0 Å². The summed E-state index contributed by atoms with van der Waals surface area (Å²) in [5, 5.41) is 8.22. The van der Waals surface area contributed by atoms with Crippen molar-refractivity contribution in [3.8, 4) is 0 Å². The minimum absolute atomic E-state index is 0.798. The molecule has 2 N–H and O–H groups in total. The zero-order valence-corrected chi connectivity index (χ0v) is 11.3. The van der Waals surface area contributed by atoms with E-state index < -0.39 is 0 Å². The van der Waals surface area contributed by atoms with E-state index in [2.05, 4.69) is 29.3 Å². The highest BCUT2D eigenvalue weighted by Gasteiger charge is 2.27. The highest BCUT2D eigenvalue weighted by molar-refractivity contribution is 7.99. The Morgan fingerprint density at radius 2 is 2.19 bits per heavy atom. The summed E-state index contributed by atoms with van der Waals surface area (Å²) in [6.07, 6.45) is 7.04. The number of piperidine rings is 1. The molecule has 3 heteroatoms. The second-order valence-electron chi connectivity index (χ2n) is 5.15. The van der Waals surface area contributed by atoms with E-state index in [1.54, 1.807) is 0 Å². The van der Waals surface area contributed by atoms with Crippen molar-refractivity contribution in [2.45, 2.75) is 50.3 Å². The van der Waals surface area contributed by atoms with Crippen LogP contribution in [0.2, 0.25) is 0 Å². The molecule has 0 aromatic rings. The van der Waals surface area contributed by atoms with Gasteiger partial charge in [0, 0.05) is 11.3 Å². The third-order valence-corrected chi connectivity index (χ3v) is 5.23. The number of thioether (sulfide) groups is 1. The molecule has 2 rings (SSSR count). The van der Waals surface area contributed by atoms with Gasteiger partial charge in [-0.1, -0.05) is 13.3 Å². The first-order valence-electron chi connectivity index (χ1n) is 6.96. The summed E-state index contributed by atoms with van der Waals surface area (Å²) in [6, 6.07) is 0.798.